The monoisotopic (exact) mass is 295 g/mol. The van der Waals surface area contributed by atoms with Gasteiger partial charge in [0.25, 0.3) is 0 Å². The Morgan fingerprint density at radius 1 is 1.30 bits per heavy atom. The molecule has 2 aliphatic carbocycles. The molecule has 0 radical (unpaired) electrons. The van der Waals surface area contributed by atoms with Crippen molar-refractivity contribution >= 4 is 16.5 Å². The number of hydrogen-bond donors (Lipinski definition) is 1. The van der Waals surface area contributed by atoms with Crippen LogP contribution in [0.5, 0.6) is 0 Å². The second kappa shape index (κ2) is 6.41. The van der Waals surface area contributed by atoms with Gasteiger partial charge in [0.1, 0.15) is 0 Å². The fraction of sp³-hybridized carbons (Fsp3) is 0.800. The molecule has 0 atom stereocenters. The highest BCUT2D eigenvalue weighted by Gasteiger charge is 2.25. The van der Waals surface area contributed by atoms with E-state index in [1.54, 1.807) is 7.11 Å². The summed E-state index contributed by atoms with van der Waals surface area (Å²) in [7, 11) is 3.95. The first-order valence-electron chi connectivity index (χ1n) is 7.71. The highest BCUT2D eigenvalue weighted by Crippen LogP contribution is 2.32. The molecule has 0 bridgehead atoms. The van der Waals surface area contributed by atoms with Crippen LogP contribution in [0.25, 0.3) is 0 Å². The van der Waals surface area contributed by atoms with Crippen LogP contribution in [-0.2, 0) is 17.9 Å². The lowest BCUT2D eigenvalue weighted by atomic mass is 10.2. The number of rotatable bonds is 7. The number of hydrogen-bond acceptors (Lipinski definition) is 5. The number of ether oxygens (including phenoxy) is 1. The largest absolute Gasteiger partial charge is 0.378 e. The summed E-state index contributed by atoms with van der Waals surface area (Å²) in [5.74, 6) is 0. The Morgan fingerprint density at radius 2 is 2.05 bits per heavy atom. The number of nitrogens with zero attached hydrogens (tertiary/aromatic N) is 2. The van der Waals surface area contributed by atoms with E-state index in [1.165, 1.54) is 43.4 Å². The van der Waals surface area contributed by atoms with Crippen molar-refractivity contribution in [3.8, 4) is 0 Å². The molecule has 1 N–H and O–H groups in total. The summed E-state index contributed by atoms with van der Waals surface area (Å²) in [6.45, 7) is 1.57. The van der Waals surface area contributed by atoms with Crippen molar-refractivity contribution < 1.29 is 4.74 Å². The summed E-state index contributed by atoms with van der Waals surface area (Å²) < 4.78 is 5.31. The van der Waals surface area contributed by atoms with Crippen molar-refractivity contribution in [3.05, 3.63) is 10.6 Å². The van der Waals surface area contributed by atoms with Crippen LogP contribution in [-0.4, -0.2) is 31.2 Å². The molecule has 0 amide bonds. The predicted octanol–water partition coefficient (Wildman–Crippen LogP) is 2.92. The van der Waals surface area contributed by atoms with Gasteiger partial charge in [-0.1, -0.05) is 12.8 Å². The molecule has 4 nitrogen and oxygen atoms in total. The van der Waals surface area contributed by atoms with Gasteiger partial charge in [-0.15, -0.1) is 11.3 Å². The quantitative estimate of drug-likeness (QED) is 0.839. The second-order valence-corrected chi connectivity index (χ2v) is 7.07. The lowest BCUT2D eigenvalue weighted by Gasteiger charge is -2.23. The Bertz CT molecular complexity index is 438. The normalized spacial score (nSPS) is 19.7. The van der Waals surface area contributed by atoms with Gasteiger partial charge in [-0.3, -0.25) is 0 Å². The van der Waals surface area contributed by atoms with Crippen LogP contribution < -0.4 is 10.2 Å². The molecule has 2 fully saturated rings. The van der Waals surface area contributed by atoms with E-state index in [0.717, 1.165) is 23.4 Å². The van der Waals surface area contributed by atoms with E-state index in [9.17, 15) is 0 Å². The van der Waals surface area contributed by atoms with Crippen LogP contribution in [0.1, 0.15) is 49.1 Å². The topological polar surface area (TPSA) is 37.4 Å². The maximum Gasteiger partial charge on any atom is 0.185 e. The van der Waals surface area contributed by atoms with Crippen molar-refractivity contribution in [1.29, 1.82) is 0 Å². The van der Waals surface area contributed by atoms with Gasteiger partial charge >= 0.3 is 0 Å². The molecule has 0 aromatic carbocycles. The summed E-state index contributed by atoms with van der Waals surface area (Å²) in [6.07, 6.45) is 8.00. The minimum Gasteiger partial charge on any atom is -0.378 e. The molecular weight excluding hydrogens is 270 g/mol. The number of aromatic nitrogens is 1. The number of methoxy groups -OCH3 is 1. The van der Waals surface area contributed by atoms with Gasteiger partial charge < -0.3 is 15.0 Å². The summed E-state index contributed by atoms with van der Waals surface area (Å²) >= 11 is 1.84. The van der Waals surface area contributed by atoms with Crippen molar-refractivity contribution in [1.82, 2.24) is 10.3 Å². The molecule has 0 saturated heterocycles. The van der Waals surface area contributed by atoms with Gasteiger partial charge in [0.05, 0.1) is 12.3 Å². The highest BCUT2D eigenvalue weighted by atomic mass is 32.1. The van der Waals surface area contributed by atoms with Crippen LogP contribution in [0, 0.1) is 0 Å². The third-order valence-electron chi connectivity index (χ3n) is 4.35. The molecule has 5 heteroatoms. The van der Waals surface area contributed by atoms with Gasteiger partial charge in [0.15, 0.2) is 5.13 Å². The van der Waals surface area contributed by atoms with E-state index in [0.29, 0.717) is 12.6 Å². The standard InChI is InChI=1S/C15H25N3OS/c1-18(12-5-3-4-6-12)15-17-13(10-19-2)14(20-15)9-16-11-7-8-11/h11-12,16H,3-10H2,1-2H3. The molecule has 1 heterocycles. The van der Waals surface area contributed by atoms with Gasteiger partial charge in [-0.25, -0.2) is 4.98 Å². The van der Waals surface area contributed by atoms with Crippen molar-refractivity contribution in [2.45, 2.75) is 63.8 Å². The van der Waals surface area contributed by atoms with Gasteiger partial charge in [0.2, 0.25) is 0 Å². The lowest BCUT2D eigenvalue weighted by Crippen LogP contribution is -2.28. The molecule has 0 unspecified atom stereocenters. The summed E-state index contributed by atoms with van der Waals surface area (Å²) in [5.41, 5.74) is 1.12. The number of thiazole rings is 1. The molecule has 20 heavy (non-hydrogen) atoms. The molecule has 2 saturated carbocycles. The van der Waals surface area contributed by atoms with Crippen molar-refractivity contribution in [3.63, 3.8) is 0 Å². The van der Waals surface area contributed by atoms with Crippen LogP contribution in [0.4, 0.5) is 5.13 Å². The van der Waals surface area contributed by atoms with Crippen LogP contribution in [0.2, 0.25) is 0 Å². The van der Waals surface area contributed by atoms with Gasteiger partial charge in [0, 0.05) is 37.7 Å². The second-order valence-electron chi connectivity index (χ2n) is 6.00. The minimum absolute atomic E-state index is 0.622. The Balaban J connectivity index is 1.70. The lowest BCUT2D eigenvalue weighted by molar-refractivity contribution is 0.181. The average Bonchev–Trinajstić information content (AvgIpc) is 2.97. The van der Waals surface area contributed by atoms with E-state index in [-0.39, 0.29) is 0 Å². The zero-order chi connectivity index (χ0) is 13.9. The number of nitrogens with one attached hydrogen (secondary N) is 1. The fourth-order valence-corrected chi connectivity index (χ4v) is 3.93. The fourth-order valence-electron chi connectivity index (χ4n) is 2.88. The molecular formula is C15H25N3OS. The first kappa shape index (κ1) is 14.3. The summed E-state index contributed by atoms with van der Waals surface area (Å²) in [6, 6.07) is 1.42. The highest BCUT2D eigenvalue weighted by molar-refractivity contribution is 7.15. The zero-order valence-electron chi connectivity index (χ0n) is 12.5. The Kier molecular flexibility index (Phi) is 4.58. The van der Waals surface area contributed by atoms with Crippen molar-refractivity contribution in [2.24, 2.45) is 0 Å². The van der Waals surface area contributed by atoms with E-state index < -0.39 is 0 Å². The first-order chi connectivity index (χ1) is 9.78. The van der Waals surface area contributed by atoms with Gasteiger partial charge in [-0.05, 0) is 25.7 Å². The SMILES string of the molecule is COCc1nc(N(C)C2CCCC2)sc1CNC1CC1. The van der Waals surface area contributed by atoms with Gasteiger partial charge in [-0.2, -0.15) is 0 Å². The zero-order valence-corrected chi connectivity index (χ0v) is 13.3. The molecule has 0 aliphatic heterocycles. The maximum atomic E-state index is 5.31. The summed E-state index contributed by atoms with van der Waals surface area (Å²) in [5, 5.41) is 4.75. The van der Waals surface area contributed by atoms with Crippen molar-refractivity contribution in [2.75, 3.05) is 19.1 Å². The Morgan fingerprint density at radius 3 is 2.70 bits per heavy atom. The molecule has 0 spiro atoms. The summed E-state index contributed by atoms with van der Waals surface area (Å²) in [4.78, 5) is 8.55. The maximum absolute atomic E-state index is 5.31. The molecule has 112 valence electrons. The third kappa shape index (κ3) is 3.32. The predicted molar refractivity (Wildman–Crippen MR) is 83.3 cm³/mol. The average molecular weight is 295 g/mol. The molecule has 2 aliphatic rings. The van der Waals surface area contributed by atoms with E-state index >= 15 is 0 Å². The smallest absolute Gasteiger partial charge is 0.185 e. The van der Waals surface area contributed by atoms with Crippen LogP contribution in [0.3, 0.4) is 0 Å². The first-order valence-corrected chi connectivity index (χ1v) is 8.53. The minimum atomic E-state index is 0.622. The Hall–Kier alpha value is -0.650. The van der Waals surface area contributed by atoms with Crippen LogP contribution in [0.15, 0.2) is 0 Å². The number of anilines is 1. The van der Waals surface area contributed by atoms with E-state index in [2.05, 4.69) is 17.3 Å². The molecule has 1 aromatic rings. The van der Waals surface area contributed by atoms with Crippen LogP contribution >= 0.6 is 11.3 Å². The molecule has 1 aromatic heterocycles. The molecule has 3 rings (SSSR count). The van der Waals surface area contributed by atoms with E-state index in [1.807, 2.05) is 11.3 Å². The Labute approximate surface area is 125 Å². The third-order valence-corrected chi connectivity index (χ3v) is 5.54. The van der Waals surface area contributed by atoms with E-state index in [4.69, 9.17) is 9.72 Å².